The van der Waals surface area contributed by atoms with Crippen LogP contribution in [-0.4, -0.2) is 63.3 Å². The SMILES string of the molecule is Cc1ccc(S(=O)(=O)N2CCN(C(=O)C[NH+](C)Cc3ccc(F)cc3)CC2)cc1. The third-order valence-corrected chi connectivity index (χ3v) is 7.04. The summed E-state index contributed by atoms with van der Waals surface area (Å²) >= 11 is 0. The van der Waals surface area contributed by atoms with Crippen LogP contribution in [0.2, 0.25) is 0 Å². The quantitative estimate of drug-likeness (QED) is 0.748. The van der Waals surface area contributed by atoms with Crippen LogP contribution in [0, 0.1) is 12.7 Å². The molecular weight excluding hydrogens is 393 g/mol. The van der Waals surface area contributed by atoms with E-state index in [1.807, 2.05) is 14.0 Å². The van der Waals surface area contributed by atoms with Gasteiger partial charge in [0.05, 0.1) is 11.9 Å². The summed E-state index contributed by atoms with van der Waals surface area (Å²) in [6, 6.07) is 13.1. The highest BCUT2D eigenvalue weighted by Gasteiger charge is 2.30. The van der Waals surface area contributed by atoms with Crippen molar-refractivity contribution in [2.75, 3.05) is 39.8 Å². The van der Waals surface area contributed by atoms with Crippen LogP contribution in [0.3, 0.4) is 0 Å². The summed E-state index contributed by atoms with van der Waals surface area (Å²) in [4.78, 5) is 15.6. The van der Waals surface area contributed by atoms with Gasteiger partial charge in [-0.1, -0.05) is 29.8 Å². The first-order valence-electron chi connectivity index (χ1n) is 9.66. The average molecular weight is 421 g/mol. The summed E-state index contributed by atoms with van der Waals surface area (Å²) < 4.78 is 40.0. The number of carbonyl (C=O) groups is 1. The molecule has 0 aliphatic carbocycles. The van der Waals surface area contributed by atoms with Crippen molar-refractivity contribution in [3.63, 3.8) is 0 Å². The van der Waals surface area contributed by atoms with Gasteiger partial charge in [-0.2, -0.15) is 4.31 Å². The van der Waals surface area contributed by atoms with Crippen LogP contribution in [0.5, 0.6) is 0 Å². The number of benzene rings is 2. The van der Waals surface area contributed by atoms with Crippen molar-refractivity contribution in [1.82, 2.24) is 9.21 Å². The van der Waals surface area contributed by atoms with Gasteiger partial charge in [0, 0.05) is 31.7 Å². The lowest BCUT2D eigenvalue weighted by molar-refractivity contribution is -0.885. The van der Waals surface area contributed by atoms with E-state index >= 15 is 0 Å². The van der Waals surface area contributed by atoms with Crippen molar-refractivity contribution in [3.8, 4) is 0 Å². The summed E-state index contributed by atoms with van der Waals surface area (Å²) in [6.45, 7) is 4.19. The number of rotatable bonds is 6. The van der Waals surface area contributed by atoms with Crippen LogP contribution in [0.15, 0.2) is 53.4 Å². The largest absolute Gasteiger partial charge is 0.335 e. The predicted molar refractivity (Wildman–Crippen MR) is 108 cm³/mol. The highest BCUT2D eigenvalue weighted by Crippen LogP contribution is 2.18. The van der Waals surface area contributed by atoms with Gasteiger partial charge in [0.15, 0.2) is 6.54 Å². The number of halogens is 1. The number of sulfonamides is 1. The van der Waals surface area contributed by atoms with Gasteiger partial charge in [0.2, 0.25) is 10.0 Å². The van der Waals surface area contributed by atoms with E-state index in [0.29, 0.717) is 39.3 Å². The molecule has 1 aliphatic heterocycles. The zero-order valence-electron chi connectivity index (χ0n) is 16.8. The van der Waals surface area contributed by atoms with E-state index in [2.05, 4.69) is 0 Å². The third-order valence-electron chi connectivity index (χ3n) is 5.12. The highest BCUT2D eigenvalue weighted by atomic mass is 32.2. The van der Waals surface area contributed by atoms with Gasteiger partial charge in [0.25, 0.3) is 5.91 Å². The molecule has 0 bridgehead atoms. The van der Waals surface area contributed by atoms with Crippen LogP contribution < -0.4 is 4.90 Å². The second-order valence-corrected chi connectivity index (χ2v) is 9.47. The minimum absolute atomic E-state index is 0.00278. The molecule has 0 saturated carbocycles. The standard InChI is InChI=1S/C21H26FN3O3S/c1-17-3-9-20(10-4-17)29(27,28)25-13-11-24(12-14-25)21(26)16-23(2)15-18-5-7-19(22)8-6-18/h3-10H,11-16H2,1-2H3/p+1. The Kier molecular flexibility index (Phi) is 6.66. The zero-order valence-corrected chi connectivity index (χ0v) is 17.6. The van der Waals surface area contributed by atoms with Gasteiger partial charge in [-0.15, -0.1) is 0 Å². The van der Waals surface area contributed by atoms with Gasteiger partial charge in [-0.05, 0) is 31.2 Å². The lowest BCUT2D eigenvalue weighted by Crippen LogP contribution is -3.09. The average Bonchev–Trinajstić information content (AvgIpc) is 2.70. The Morgan fingerprint density at radius 1 is 1.00 bits per heavy atom. The van der Waals surface area contributed by atoms with E-state index in [4.69, 9.17) is 0 Å². The van der Waals surface area contributed by atoms with Gasteiger partial charge in [-0.3, -0.25) is 4.79 Å². The fraction of sp³-hybridized carbons (Fsp3) is 0.381. The van der Waals surface area contributed by atoms with E-state index < -0.39 is 10.0 Å². The molecule has 1 saturated heterocycles. The topological polar surface area (TPSA) is 62.1 Å². The van der Waals surface area contributed by atoms with Crippen molar-refractivity contribution in [1.29, 1.82) is 0 Å². The van der Waals surface area contributed by atoms with E-state index in [1.54, 1.807) is 41.3 Å². The molecule has 0 aromatic heterocycles. The van der Waals surface area contributed by atoms with Gasteiger partial charge in [0.1, 0.15) is 12.4 Å². The number of piperazine rings is 1. The van der Waals surface area contributed by atoms with Crippen molar-refractivity contribution < 1.29 is 22.5 Å². The van der Waals surface area contributed by atoms with Crippen molar-refractivity contribution in [2.45, 2.75) is 18.4 Å². The molecular formula is C21H27FN3O3S+. The summed E-state index contributed by atoms with van der Waals surface area (Å²) in [6.07, 6.45) is 0. The smallest absolute Gasteiger partial charge is 0.277 e. The first-order valence-corrected chi connectivity index (χ1v) is 11.1. The van der Waals surface area contributed by atoms with Crippen LogP contribution >= 0.6 is 0 Å². The molecule has 6 nitrogen and oxygen atoms in total. The number of hydrogen-bond donors (Lipinski definition) is 1. The van der Waals surface area contributed by atoms with E-state index in [1.165, 1.54) is 16.4 Å². The number of quaternary nitrogens is 1. The Morgan fingerprint density at radius 3 is 2.17 bits per heavy atom. The lowest BCUT2D eigenvalue weighted by atomic mass is 10.2. The Labute approximate surface area is 171 Å². The zero-order chi connectivity index (χ0) is 21.0. The fourth-order valence-corrected chi connectivity index (χ4v) is 4.84. The number of nitrogens with zero attached hydrogens (tertiary/aromatic N) is 2. The predicted octanol–water partition coefficient (Wildman–Crippen LogP) is 0.682. The summed E-state index contributed by atoms with van der Waals surface area (Å²) in [5.41, 5.74) is 1.97. The minimum Gasteiger partial charge on any atom is -0.335 e. The maximum atomic E-state index is 13.0. The minimum atomic E-state index is -3.54. The van der Waals surface area contributed by atoms with Crippen LogP contribution in [-0.2, 0) is 21.4 Å². The van der Waals surface area contributed by atoms with Gasteiger partial charge >= 0.3 is 0 Å². The van der Waals surface area contributed by atoms with E-state index in [-0.39, 0.29) is 16.6 Å². The molecule has 1 aliphatic rings. The second-order valence-electron chi connectivity index (χ2n) is 7.54. The number of likely N-dealkylation sites (N-methyl/N-ethyl adjacent to an activating group) is 1. The molecule has 1 N–H and O–H groups in total. The maximum absolute atomic E-state index is 13.0. The number of aryl methyl sites for hydroxylation is 1. The monoisotopic (exact) mass is 420 g/mol. The summed E-state index contributed by atoms with van der Waals surface area (Å²) in [5, 5.41) is 0. The molecule has 2 aromatic rings. The fourth-order valence-electron chi connectivity index (χ4n) is 3.42. The molecule has 0 spiro atoms. The number of nitrogens with one attached hydrogen (secondary N) is 1. The number of amides is 1. The van der Waals surface area contributed by atoms with Gasteiger partial charge < -0.3 is 9.80 Å². The van der Waals surface area contributed by atoms with Gasteiger partial charge in [-0.25, -0.2) is 12.8 Å². The maximum Gasteiger partial charge on any atom is 0.277 e. The first kappa shape index (κ1) is 21.4. The molecule has 8 heteroatoms. The van der Waals surface area contributed by atoms with Crippen molar-refractivity contribution in [3.05, 3.63) is 65.5 Å². The lowest BCUT2D eigenvalue weighted by Gasteiger charge is -2.34. The van der Waals surface area contributed by atoms with Crippen LogP contribution in [0.1, 0.15) is 11.1 Å². The molecule has 1 unspecified atom stereocenters. The molecule has 156 valence electrons. The molecule has 1 amide bonds. The first-order chi connectivity index (χ1) is 13.8. The Balaban J connectivity index is 1.52. The summed E-state index contributed by atoms with van der Waals surface area (Å²) in [5.74, 6) is -0.280. The van der Waals surface area contributed by atoms with Crippen LogP contribution in [0.4, 0.5) is 4.39 Å². The molecule has 1 atom stereocenters. The Hall–Kier alpha value is -2.29. The van der Waals surface area contributed by atoms with Crippen LogP contribution in [0.25, 0.3) is 0 Å². The molecule has 29 heavy (non-hydrogen) atoms. The number of carbonyl (C=O) groups excluding carboxylic acids is 1. The molecule has 3 rings (SSSR count). The molecule has 1 heterocycles. The van der Waals surface area contributed by atoms with E-state index in [0.717, 1.165) is 16.0 Å². The second kappa shape index (κ2) is 9.02. The molecule has 1 fully saturated rings. The van der Waals surface area contributed by atoms with E-state index in [9.17, 15) is 17.6 Å². The summed E-state index contributed by atoms with van der Waals surface area (Å²) in [7, 11) is -1.62. The third kappa shape index (κ3) is 5.41. The highest BCUT2D eigenvalue weighted by molar-refractivity contribution is 7.89. The van der Waals surface area contributed by atoms with Crippen molar-refractivity contribution >= 4 is 15.9 Å². The number of hydrogen-bond acceptors (Lipinski definition) is 3. The normalized spacial score (nSPS) is 16.6. The molecule has 0 radical (unpaired) electrons. The Morgan fingerprint density at radius 2 is 1.59 bits per heavy atom. The Bertz CT molecular complexity index is 938. The van der Waals surface area contributed by atoms with Crippen molar-refractivity contribution in [2.24, 2.45) is 0 Å². The molecule has 2 aromatic carbocycles.